The lowest BCUT2D eigenvalue weighted by molar-refractivity contribution is 0.0693. The molecule has 0 spiro atoms. The van der Waals surface area contributed by atoms with Crippen molar-refractivity contribution >= 4 is 17.6 Å². The van der Waals surface area contributed by atoms with Gasteiger partial charge in [-0.25, -0.2) is 4.79 Å². The van der Waals surface area contributed by atoms with Gasteiger partial charge in [0.05, 0.1) is 0 Å². The number of aromatic hydroxyl groups is 1. The molecular formula is C14H11ClO4. The van der Waals surface area contributed by atoms with Gasteiger partial charge >= 0.3 is 5.97 Å². The molecule has 0 bridgehead atoms. The molecule has 2 aromatic rings. The number of carboxylic acids is 1. The number of rotatable bonds is 4. The Labute approximate surface area is 114 Å². The van der Waals surface area contributed by atoms with E-state index in [0.29, 0.717) is 16.3 Å². The van der Waals surface area contributed by atoms with E-state index in [-0.39, 0.29) is 17.9 Å². The van der Waals surface area contributed by atoms with E-state index in [0.717, 1.165) is 0 Å². The summed E-state index contributed by atoms with van der Waals surface area (Å²) in [7, 11) is 0. The van der Waals surface area contributed by atoms with Crippen LogP contribution in [0.2, 0.25) is 5.02 Å². The maximum Gasteiger partial charge on any atom is 0.339 e. The molecule has 0 atom stereocenters. The molecule has 2 aromatic carbocycles. The fourth-order valence-electron chi connectivity index (χ4n) is 1.55. The molecule has 0 aliphatic heterocycles. The summed E-state index contributed by atoms with van der Waals surface area (Å²) in [5.41, 5.74) is 0.549. The first-order valence-electron chi connectivity index (χ1n) is 5.50. The first-order chi connectivity index (χ1) is 9.06. The zero-order chi connectivity index (χ0) is 13.8. The van der Waals surface area contributed by atoms with Crippen LogP contribution in [0.4, 0.5) is 0 Å². The number of benzene rings is 2. The molecule has 5 heteroatoms. The Morgan fingerprint density at radius 2 is 1.84 bits per heavy atom. The Morgan fingerprint density at radius 3 is 2.42 bits per heavy atom. The molecule has 0 saturated carbocycles. The maximum absolute atomic E-state index is 10.7. The van der Waals surface area contributed by atoms with Gasteiger partial charge in [-0.2, -0.15) is 0 Å². The van der Waals surface area contributed by atoms with Gasteiger partial charge in [0, 0.05) is 5.02 Å². The minimum atomic E-state index is -1.16. The molecule has 0 heterocycles. The summed E-state index contributed by atoms with van der Waals surface area (Å²) >= 11 is 5.75. The number of ether oxygens (including phenoxy) is 1. The van der Waals surface area contributed by atoms with Crippen molar-refractivity contribution in [3.8, 4) is 11.5 Å². The fourth-order valence-corrected chi connectivity index (χ4v) is 1.67. The predicted octanol–water partition coefficient (Wildman–Crippen LogP) is 3.32. The van der Waals surface area contributed by atoms with Crippen LogP contribution >= 0.6 is 11.6 Å². The van der Waals surface area contributed by atoms with Gasteiger partial charge in [0.15, 0.2) is 0 Å². The molecule has 0 saturated heterocycles. The molecule has 0 aliphatic carbocycles. The Balaban J connectivity index is 2.06. The summed E-state index contributed by atoms with van der Waals surface area (Å²) in [4.78, 5) is 10.7. The second-order valence-corrected chi connectivity index (χ2v) is 4.34. The summed E-state index contributed by atoms with van der Waals surface area (Å²) in [6.45, 7) is 0.231. The quantitative estimate of drug-likeness (QED) is 0.900. The van der Waals surface area contributed by atoms with E-state index in [4.69, 9.17) is 21.4 Å². The van der Waals surface area contributed by atoms with E-state index in [1.165, 1.54) is 12.1 Å². The fraction of sp³-hybridized carbons (Fsp3) is 0.0714. The van der Waals surface area contributed by atoms with Gasteiger partial charge < -0.3 is 14.9 Å². The normalized spacial score (nSPS) is 10.2. The van der Waals surface area contributed by atoms with Crippen molar-refractivity contribution in [1.29, 1.82) is 0 Å². The second-order valence-electron chi connectivity index (χ2n) is 3.90. The smallest absolute Gasteiger partial charge is 0.339 e. The van der Waals surface area contributed by atoms with E-state index in [2.05, 4.69) is 0 Å². The second kappa shape index (κ2) is 5.63. The Kier molecular flexibility index (Phi) is 3.92. The summed E-state index contributed by atoms with van der Waals surface area (Å²) in [5, 5.41) is 18.9. The van der Waals surface area contributed by atoms with Crippen LogP contribution in [0.5, 0.6) is 11.5 Å². The van der Waals surface area contributed by atoms with E-state index >= 15 is 0 Å². The van der Waals surface area contributed by atoms with Crippen LogP contribution in [0.1, 0.15) is 15.9 Å². The minimum absolute atomic E-state index is 0.129. The zero-order valence-electron chi connectivity index (χ0n) is 9.84. The van der Waals surface area contributed by atoms with E-state index in [1.807, 2.05) is 0 Å². The topological polar surface area (TPSA) is 66.8 Å². The number of halogens is 1. The highest BCUT2D eigenvalue weighted by molar-refractivity contribution is 6.30. The molecule has 0 fully saturated rings. The van der Waals surface area contributed by atoms with Crippen LogP contribution in [0.15, 0.2) is 42.5 Å². The number of phenols is 1. The van der Waals surface area contributed by atoms with Gasteiger partial charge in [-0.15, -0.1) is 0 Å². The van der Waals surface area contributed by atoms with E-state index in [1.54, 1.807) is 30.3 Å². The Bertz CT molecular complexity index is 593. The van der Waals surface area contributed by atoms with Gasteiger partial charge in [-0.05, 0) is 42.0 Å². The van der Waals surface area contributed by atoms with Crippen LogP contribution in [-0.2, 0) is 6.61 Å². The van der Waals surface area contributed by atoms with Crippen LogP contribution in [-0.4, -0.2) is 16.2 Å². The predicted molar refractivity (Wildman–Crippen MR) is 70.9 cm³/mol. The molecule has 2 N–H and O–H groups in total. The van der Waals surface area contributed by atoms with Gasteiger partial charge in [0.1, 0.15) is 23.7 Å². The molecule has 19 heavy (non-hydrogen) atoms. The molecule has 0 amide bonds. The summed E-state index contributed by atoms with van der Waals surface area (Å²) < 4.78 is 5.49. The number of carboxylic acid groups (broad SMARTS) is 1. The average molecular weight is 279 g/mol. The maximum atomic E-state index is 10.7. The van der Waals surface area contributed by atoms with E-state index in [9.17, 15) is 9.90 Å². The highest BCUT2D eigenvalue weighted by atomic mass is 35.5. The van der Waals surface area contributed by atoms with Crippen LogP contribution < -0.4 is 4.74 Å². The molecular weight excluding hydrogens is 268 g/mol. The van der Waals surface area contributed by atoms with Crippen molar-refractivity contribution in [3.05, 3.63) is 58.6 Å². The van der Waals surface area contributed by atoms with Crippen molar-refractivity contribution in [3.63, 3.8) is 0 Å². The molecule has 0 unspecified atom stereocenters. The molecule has 0 aliphatic rings. The Morgan fingerprint density at radius 1 is 1.16 bits per heavy atom. The van der Waals surface area contributed by atoms with Crippen molar-refractivity contribution in [2.75, 3.05) is 0 Å². The summed E-state index contributed by atoms with van der Waals surface area (Å²) in [5.74, 6) is -0.793. The van der Waals surface area contributed by atoms with Crippen molar-refractivity contribution in [2.24, 2.45) is 0 Å². The lowest BCUT2D eigenvalue weighted by Gasteiger charge is -2.07. The molecule has 2 rings (SSSR count). The largest absolute Gasteiger partial charge is 0.507 e. The molecule has 0 radical (unpaired) electrons. The number of carbonyl (C=O) groups is 1. The third kappa shape index (κ3) is 3.39. The minimum Gasteiger partial charge on any atom is -0.507 e. The summed E-state index contributed by atoms with van der Waals surface area (Å²) in [6, 6.07) is 11.2. The average Bonchev–Trinajstić information content (AvgIpc) is 2.37. The third-order valence-corrected chi connectivity index (χ3v) is 2.76. The SMILES string of the molecule is O=C(O)c1ccc(COc2ccc(Cl)cc2)cc1O. The van der Waals surface area contributed by atoms with E-state index < -0.39 is 5.97 Å². The Hall–Kier alpha value is -2.20. The molecule has 4 nitrogen and oxygen atoms in total. The van der Waals surface area contributed by atoms with Crippen LogP contribution in [0, 0.1) is 0 Å². The van der Waals surface area contributed by atoms with Gasteiger partial charge in [0.2, 0.25) is 0 Å². The van der Waals surface area contributed by atoms with Gasteiger partial charge in [-0.1, -0.05) is 17.7 Å². The van der Waals surface area contributed by atoms with Crippen molar-refractivity contribution in [2.45, 2.75) is 6.61 Å². The lowest BCUT2D eigenvalue weighted by Crippen LogP contribution is -1.99. The first kappa shape index (κ1) is 13.2. The first-order valence-corrected chi connectivity index (χ1v) is 5.87. The molecule has 0 aromatic heterocycles. The third-order valence-electron chi connectivity index (χ3n) is 2.51. The standard InChI is InChI=1S/C14H11ClO4/c15-10-2-4-11(5-3-10)19-8-9-1-6-12(14(17)18)13(16)7-9/h1-7,16H,8H2,(H,17,18). The van der Waals surface area contributed by atoms with Crippen molar-refractivity contribution in [1.82, 2.24) is 0 Å². The van der Waals surface area contributed by atoms with Crippen molar-refractivity contribution < 1.29 is 19.7 Å². The van der Waals surface area contributed by atoms with Crippen LogP contribution in [0.25, 0.3) is 0 Å². The van der Waals surface area contributed by atoms with Crippen LogP contribution in [0.3, 0.4) is 0 Å². The highest BCUT2D eigenvalue weighted by Crippen LogP contribution is 2.21. The van der Waals surface area contributed by atoms with Gasteiger partial charge in [0.25, 0.3) is 0 Å². The lowest BCUT2D eigenvalue weighted by atomic mass is 10.1. The van der Waals surface area contributed by atoms with Gasteiger partial charge in [-0.3, -0.25) is 0 Å². The molecule has 98 valence electrons. The number of aromatic carboxylic acids is 1. The summed E-state index contributed by atoms with van der Waals surface area (Å²) in [6.07, 6.45) is 0. The number of hydrogen-bond donors (Lipinski definition) is 2. The monoisotopic (exact) mass is 278 g/mol. The zero-order valence-corrected chi connectivity index (χ0v) is 10.6. The highest BCUT2D eigenvalue weighted by Gasteiger charge is 2.09. The number of hydrogen-bond acceptors (Lipinski definition) is 3.